The highest BCUT2D eigenvalue weighted by atomic mass is 35.5. The normalized spacial score (nSPS) is 22.4. The van der Waals surface area contributed by atoms with Crippen LogP contribution >= 0.6 is 11.6 Å². The Morgan fingerprint density at radius 2 is 2.00 bits per heavy atom. The molecule has 1 aromatic carbocycles. The van der Waals surface area contributed by atoms with E-state index < -0.39 is 10.8 Å². The Kier molecular flexibility index (Phi) is 5.05. The summed E-state index contributed by atoms with van der Waals surface area (Å²) < 4.78 is 11.3. The maximum absolute atomic E-state index is 12.0. The second-order valence-corrected chi connectivity index (χ2v) is 7.26. The first-order valence-electron chi connectivity index (χ1n) is 6.60. The van der Waals surface area contributed by atoms with Crippen molar-refractivity contribution in [3.63, 3.8) is 0 Å². The quantitative estimate of drug-likeness (QED) is 0.932. The van der Waals surface area contributed by atoms with Gasteiger partial charge in [-0.25, -0.2) is 0 Å². The van der Waals surface area contributed by atoms with Crippen molar-refractivity contribution in [3.05, 3.63) is 28.8 Å². The molecule has 4 nitrogen and oxygen atoms in total. The maximum Gasteiger partial charge on any atom is 0.254 e. The van der Waals surface area contributed by atoms with E-state index in [0.717, 1.165) is 30.0 Å². The summed E-state index contributed by atoms with van der Waals surface area (Å²) in [6.07, 6.45) is 1.79. The fourth-order valence-corrected chi connectivity index (χ4v) is 3.69. The summed E-state index contributed by atoms with van der Waals surface area (Å²) in [4.78, 5) is 13.5. The molecule has 110 valence electrons. The fourth-order valence-electron chi connectivity index (χ4n) is 2.19. The van der Waals surface area contributed by atoms with E-state index in [9.17, 15) is 9.00 Å². The molecular weight excluding hydrogens is 296 g/mol. The van der Waals surface area contributed by atoms with E-state index in [1.165, 1.54) is 4.90 Å². The zero-order valence-corrected chi connectivity index (χ0v) is 13.3. The topological polar surface area (TPSA) is 49.4 Å². The molecule has 1 amide bonds. The van der Waals surface area contributed by atoms with Crippen molar-refractivity contribution in [1.29, 1.82) is 0 Å². The summed E-state index contributed by atoms with van der Waals surface area (Å²) in [7, 11) is 2.74. The maximum atomic E-state index is 12.0. The first kappa shape index (κ1) is 15.3. The third-order valence-corrected chi connectivity index (χ3v) is 5.07. The highest BCUT2D eigenvalue weighted by Crippen LogP contribution is 2.23. The molecule has 6 heteroatoms. The number of carbonyl (C=O) groups is 1. The molecule has 1 aliphatic heterocycles. The van der Waals surface area contributed by atoms with Crippen LogP contribution in [0.3, 0.4) is 0 Å². The molecule has 0 bridgehead atoms. The van der Waals surface area contributed by atoms with Gasteiger partial charge < -0.3 is 10.2 Å². The van der Waals surface area contributed by atoms with Crippen LogP contribution in [0.1, 0.15) is 23.2 Å². The summed E-state index contributed by atoms with van der Waals surface area (Å²) in [6.45, 7) is 0. The molecule has 1 heterocycles. The first-order chi connectivity index (χ1) is 9.47. The van der Waals surface area contributed by atoms with Crippen LogP contribution in [0.5, 0.6) is 0 Å². The molecule has 0 spiro atoms. The molecule has 0 aliphatic carbocycles. The van der Waals surface area contributed by atoms with E-state index in [4.69, 9.17) is 11.6 Å². The second kappa shape index (κ2) is 6.59. The van der Waals surface area contributed by atoms with Crippen molar-refractivity contribution in [2.24, 2.45) is 0 Å². The molecule has 1 saturated heterocycles. The molecule has 1 fully saturated rings. The van der Waals surface area contributed by atoms with Crippen molar-refractivity contribution in [2.75, 3.05) is 30.9 Å². The molecular formula is C14H19ClN2O2S. The van der Waals surface area contributed by atoms with E-state index in [1.807, 2.05) is 6.07 Å². The first-order valence-corrected chi connectivity index (χ1v) is 8.46. The lowest BCUT2D eigenvalue weighted by molar-refractivity contribution is 0.0828. The third kappa shape index (κ3) is 3.73. The number of benzene rings is 1. The highest BCUT2D eigenvalue weighted by molar-refractivity contribution is 7.85. The number of hydrogen-bond acceptors (Lipinski definition) is 3. The molecule has 20 heavy (non-hydrogen) atoms. The SMILES string of the molecule is CN(C)C(=O)c1cc(NC2CCS(=O)CC2)ccc1Cl. The van der Waals surface area contributed by atoms with Crippen LogP contribution in [-0.4, -0.2) is 46.7 Å². The average Bonchev–Trinajstić information content (AvgIpc) is 2.42. The Labute approximate surface area is 126 Å². The van der Waals surface area contributed by atoms with E-state index in [1.54, 1.807) is 26.2 Å². The molecule has 1 aromatic rings. The van der Waals surface area contributed by atoms with Crippen LogP contribution in [0, 0.1) is 0 Å². The van der Waals surface area contributed by atoms with Gasteiger partial charge in [-0.15, -0.1) is 0 Å². The van der Waals surface area contributed by atoms with Gasteiger partial charge in [0.25, 0.3) is 5.91 Å². The summed E-state index contributed by atoms with van der Waals surface area (Å²) in [5.41, 5.74) is 1.39. The average molecular weight is 315 g/mol. The lowest BCUT2D eigenvalue weighted by Gasteiger charge is -2.24. The van der Waals surface area contributed by atoms with Gasteiger partial charge in [-0.1, -0.05) is 11.6 Å². The summed E-state index contributed by atoms with van der Waals surface area (Å²) in [5.74, 6) is 1.38. The minimum absolute atomic E-state index is 0.108. The van der Waals surface area contributed by atoms with Crippen LogP contribution in [0.25, 0.3) is 0 Å². The zero-order valence-electron chi connectivity index (χ0n) is 11.7. The number of amides is 1. The Balaban J connectivity index is 2.11. The largest absolute Gasteiger partial charge is 0.382 e. The molecule has 0 radical (unpaired) electrons. The van der Waals surface area contributed by atoms with Gasteiger partial charge in [-0.05, 0) is 31.0 Å². The van der Waals surface area contributed by atoms with E-state index in [-0.39, 0.29) is 5.91 Å². The summed E-state index contributed by atoms with van der Waals surface area (Å²) in [5, 5.41) is 3.86. The van der Waals surface area contributed by atoms with Crippen LogP contribution in [0.15, 0.2) is 18.2 Å². The summed E-state index contributed by atoms with van der Waals surface area (Å²) >= 11 is 6.08. The van der Waals surface area contributed by atoms with E-state index >= 15 is 0 Å². The fraction of sp³-hybridized carbons (Fsp3) is 0.500. The van der Waals surface area contributed by atoms with Gasteiger partial charge in [0, 0.05) is 48.1 Å². The van der Waals surface area contributed by atoms with Gasteiger partial charge in [0.05, 0.1) is 10.6 Å². The molecule has 2 rings (SSSR count). The lowest BCUT2D eigenvalue weighted by atomic mass is 10.1. The monoisotopic (exact) mass is 314 g/mol. The molecule has 0 unspecified atom stereocenters. The molecule has 0 saturated carbocycles. The minimum atomic E-state index is -0.662. The van der Waals surface area contributed by atoms with Gasteiger partial charge >= 0.3 is 0 Å². The number of nitrogens with zero attached hydrogens (tertiary/aromatic N) is 1. The van der Waals surface area contributed by atoms with Gasteiger partial charge in [0.15, 0.2) is 0 Å². The predicted molar refractivity (Wildman–Crippen MR) is 84.0 cm³/mol. The highest BCUT2D eigenvalue weighted by Gasteiger charge is 2.19. The number of hydrogen-bond donors (Lipinski definition) is 1. The molecule has 0 atom stereocenters. The van der Waals surface area contributed by atoms with Crippen molar-refractivity contribution in [1.82, 2.24) is 4.90 Å². The van der Waals surface area contributed by atoms with E-state index in [2.05, 4.69) is 5.32 Å². The molecule has 1 aliphatic rings. The van der Waals surface area contributed by atoms with Crippen molar-refractivity contribution < 1.29 is 9.00 Å². The standard InChI is InChI=1S/C14H19ClN2O2S/c1-17(2)14(18)12-9-11(3-4-13(12)15)16-10-5-7-20(19)8-6-10/h3-4,9-10,16H,5-8H2,1-2H3. The van der Waals surface area contributed by atoms with Crippen molar-refractivity contribution in [3.8, 4) is 0 Å². The third-order valence-electron chi connectivity index (χ3n) is 3.36. The number of rotatable bonds is 3. The number of anilines is 1. The van der Waals surface area contributed by atoms with Gasteiger partial charge in [-0.2, -0.15) is 0 Å². The van der Waals surface area contributed by atoms with Crippen LogP contribution in [-0.2, 0) is 10.8 Å². The molecule has 0 aromatic heterocycles. The van der Waals surface area contributed by atoms with Gasteiger partial charge in [0.1, 0.15) is 0 Å². The van der Waals surface area contributed by atoms with Crippen LogP contribution in [0.2, 0.25) is 5.02 Å². The Bertz CT molecular complexity index is 524. The van der Waals surface area contributed by atoms with Gasteiger partial charge in [0.2, 0.25) is 0 Å². The molecule has 1 N–H and O–H groups in total. The minimum Gasteiger partial charge on any atom is -0.382 e. The predicted octanol–water partition coefficient (Wildman–Crippen LogP) is 2.36. The second-order valence-electron chi connectivity index (χ2n) is 5.16. The number of nitrogens with one attached hydrogen (secondary N) is 1. The van der Waals surface area contributed by atoms with Crippen LogP contribution < -0.4 is 5.32 Å². The zero-order chi connectivity index (χ0) is 14.7. The lowest BCUT2D eigenvalue weighted by Crippen LogP contribution is -2.29. The number of carbonyl (C=O) groups excluding carboxylic acids is 1. The Hall–Kier alpha value is -1.07. The smallest absolute Gasteiger partial charge is 0.254 e. The Morgan fingerprint density at radius 1 is 1.35 bits per heavy atom. The summed E-state index contributed by atoms with van der Waals surface area (Å²) in [6, 6.07) is 5.72. The van der Waals surface area contributed by atoms with Gasteiger partial charge in [-0.3, -0.25) is 9.00 Å². The van der Waals surface area contributed by atoms with Crippen molar-refractivity contribution >= 4 is 34.0 Å². The van der Waals surface area contributed by atoms with E-state index in [0.29, 0.717) is 16.6 Å². The van der Waals surface area contributed by atoms with Crippen LogP contribution in [0.4, 0.5) is 5.69 Å². The Morgan fingerprint density at radius 3 is 2.60 bits per heavy atom. The number of halogens is 1. The van der Waals surface area contributed by atoms with Crippen molar-refractivity contribution in [2.45, 2.75) is 18.9 Å².